The Morgan fingerprint density at radius 1 is 1.50 bits per heavy atom. The number of benzene rings is 1. The molecule has 0 saturated carbocycles. The highest BCUT2D eigenvalue weighted by atomic mass is 16.5. The monoisotopic (exact) mass is 246 g/mol. The molecule has 3 atom stereocenters. The molecule has 1 saturated heterocycles. The molecular formula is C15H19NO2. The van der Waals surface area contributed by atoms with Gasteiger partial charge in [0.05, 0.1) is 6.61 Å². The Morgan fingerprint density at radius 2 is 2.39 bits per heavy atom. The Bertz CT molecular complexity index is 503. The molecule has 18 heavy (non-hydrogen) atoms. The Balaban J connectivity index is 1.93. The summed E-state index contributed by atoms with van der Waals surface area (Å²) >= 11 is 0. The molecule has 3 rings (SSSR count). The second kappa shape index (κ2) is 4.63. The molecule has 1 aromatic carbocycles. The van der Waals surface area contributed by atoms with Crippen LogP contribution >= 0.6 is 0 Å². The van der Waals surface area contributed by atoms with E-state index in [2.05, 4.69) is 17.4 Å². The van der Waals surface area contributed by atoms with Crippen molar-refractivity contribution in [2.75, 3.05) is 6.61 Å². The van der Waals surface area contributed by atoms with Crippen molar-refractivity contribution in [2.45, 2.75) is 44.5 Å². The molecule has 1 aliphatic carbocycles. The van der Waals surface area contributed by atoms with Crippen LogP contribution in [-0.4, -0.2) is 18.6 Å². The van der Waals surface area contributed by atoms with Gasteiger partial charge in [0, 0.05) is 19.8 Å². The molecule has 96 valence electrons. The van der Waals surface area contributed by atoms with Gasteiger partial charge >= 0.3 is 0 Å². The average Bonchev–Trinajstić information content (AvgIpc) is 2.38. The summed E-state index contributed by atoms with van der Waals surface area (Å²) in [5.74, 6) is 1.06. The number of piperidine rings is 1. The number of hydrogen-bond acceptors (Lipinski definition) is 2. The van der Waals surface area contributed by atoms with Crippen LogP contribution in [0.4, 0.5) is 0 Å². The molecule has 3 nitrogen and oxygen atoms in total. The fraction of sp³-hybridized carbons (Fsp3) is 0.533. The average molecular weight is 246 g/mol. The van der Waals surface area contributed by atoms with Gasteiger partial charge in [0.2, 0.25) is 5.91 Å². The molecule has 1 N–H and O–H groups in total. The second-order valence-corrected chi connectivity index (χ2v) is 4.97. The van der Waals surface area contributed by atoms with E-state index in [1.54, 1.807) is 0 Å². The lowest BCUT2D eigenvalue weighted by molar-refractivity contribution is -0.123. The van der Waals surface area contributed by atoms with Gasteiger partial charge in [0.1, 0.15) is 5.75 Å². The van der Waals surface area contributed by atoms with Gasteiger partial charge < -0.3 is 10.1 Å². The molecular weight excluding hydrogens is 226 g/mol. The topological polar surface area (TPSA) is 38.3 Å². The summed E-state index contributed by atoms with van der Waals surface area (Å²) in [7, 11) is 0. The largest absolute Gasteiger partial charge is 0.494 e. The van der Waals surface area contributed by atoms with Crippen LogP contribution in [0.3, 0.4) is 0 Å². The zero-order valence-electron chi connectivity index (χ0n) is 11.6. The minimum atomic E-state index is -0.323. The van der Waals surface area contributed by atoms with Crippen LogP contribution in [0.25, 0.3) is 0 Å². The maximum atomic E-state index is 11.5. The minimum Gasteiger partial charge on any atom is -0.494 e. The Morgan fingerprint density at radius 3 is 3.22 bits per heavy atom. The number of carbonyl (C=O) groups is 1. The van der Waals surface area contributed by atoms with Gasteiger partial charge in [-0.1, -0.05) is 6.07 Å². The van der Waals surface area contributed by atoms with Gasteiger partial charge in [-0.2, -0.15) is 0 Å². The van der Waals surface area contributed by atoms with Crippen molar-refractivity contribution in [3.63, 3.8) is 0 Å². The third-order valence-corrected chi connectivity index (χ3v) is 3.85. The van der Waals surface area contributed by atoms with Crippen molar-refractivity contribution in [2.24, 2.45) is 0 Å². The summed E-state index contributed by atoms with van der Waals surface area (Å²) in [4.78, 5) is 11.5. The highest BCUT2D eigenvalue weighted by Gasteiger charge is 2.34. The molecule has 2 aliphatic rings. The van der Waals surface area contributed by atoms with Gasteiger partial charge in [0.15, 0.2) is 0 Å². The summed E-state index contributed by atoms with van der Waals surface area (Å²) in [5, 5.41) is 3.04. The Hall–Kier alpha value is -1.51. The summed E-state index contributed by atoms with van der Waals surface area (Å²) < 4.78 is 13.7. The van der Waals surface area contributed by atoms with Gasteiger partial charge in [-0.3, -0.25) is 4.79 Å². The Labute approximate surface area is 109 Å². The molecule has 1 amide bonds. The van der Waals surface area contributed by atoms with E-state index in [1.807, 2.05) is 13.0 Å². The minimum absolute atomic E-state index is 0.0237. The highest BCUT2D eigenvalue weighted by Crippen LogP contribution is 2.38. The van der Waals surface area contributed by atoms with Crippen LogP contribution in [-0.2, 0) is 11.2 Å². The van der Waals surface area contributed by atoms with Crippen LogP contribution in [0.5, 0.6) is 5.75 Å². The van der Waals surface area contributed by atoms with Crippen molar-refractivity contribution in [3.05, 3.63) is 29.3 Å². The molecule has 1 aliphatic heterocycles. The third-order valence-electron chi connectivity index (χ3n) is 3.85. The highest BCUT2D eigenvalue weighted by molar-refractivity contribution is 5.77. The first kappa shape index (κ1) is 10.4. The van der Waals surface area contributed by atoms with E-state index in [0.29, 0.717) is 13.0 Å². The molecule has 0 bridgehead atoms. The lowest BCUT2D eigenvalue weighted by Gasteiger charge is -2.37. The number of carbonyl (C=O) groups excluding carboxylic acids is 1. The number of aryl methyl sites for hydroxylation is 1. The van der Waals surface area contributed by atoms with Crippen LogP contribution in [0.2, 0.25) is 0 Å². The first-order chi connectivity index (χ1) is 9.19. The van der Waals surface area contributed by atoms with E-state index in [1.165, 1.54) is 11.1 Å². The zero-order valence-corrected chi connectivity index (χ0v) is 10.6. The molecule has 3 unspecified atom stereocenters. The van der Waals surface area contributed by atoms with Gasteiger partial charge in [-0.05, 0) is 49.4 Å². The summed E-state index contributed by atoms with van der Waals surface area (Å²) in [5.41, 5.74) is 2.50. The van der Waals surface area contributed by atoms with E-state index < -0.39 is 0 Å². The van der Waals surface area contributed by atoms with Crippen molar-refractivity contribution in [1.29, 1.82) is 0 Å². The Kier molecular flexibility index (Phi) is 2.68. The van der Waals surface area contributed by atoms with Crippen molar-refractivity contribution >= 4 is 5.91 Å². The number of hydrogen-bond donors (Lipinski definition) is 1. The predicted octanol–water partition coefficient (Wildman–Crippen LogP) is 2.39. The van der Waals surface area contributed by atoms with E-state index in [4.69, 9.17) is 6.11 Å². The fourth-order valence-corrected chi connectivity index (χ4v) is 3.04. The molecule has 1 heterocycles. The fourth-order valence-electron chi connectivity index (χ4n) is 3.04. The first-order valence-electron chi connectivity index (χ1n) is 7.24. The summed E-state index contributed by atoms with van der Waals surface area (Å²) in [6.45, 7) is 2.65. The molecule has 0 aromatic heterocycles. The number of fused-ring (bicyclic) bond motifs is 3. The van der Waals surface area contributed by atoms with Crippen molar-refractivity contribution in [3.8, 4) is 5.75 Å². The number of nitrogens with one attached hydrogen (secondary N) is 1. The van der Waals surface area contributed by atoms with E-state index in [-0.39, 0.29) is 24.3 Å². The maximum Gasteiger partial charge on any atom is 0.220 e. The number of rotatable bonds is 2. The van der Waals surface area contributed by atoms with Crippen molar-refractivity contribution < 1.29 is 10.9 Å². The second-order valence-electron chi connectivity index (χ2n) is 4.97. The zero-order chi connectivity index (χ0) is 13.4. The quantitative estimate of drug-likeness (QED) is 0.870. The van der Waals surface area contributed by atoms with Gasteiger partial charge in [-0.15, -0.1) is 0 Å². The van der Waals surface area contributed by atoms with Gasteiger partial charge in [0.25, 0.3) is 0 Å². The number of ether oxygens (including phenoxy) is 1. The smallest absolute Gasteiger partial charge is 0.220 e. The maximum absolute atomic E-state index is 11.5. The molecule has 1 aromatic rings. The first-order valence-corrected chi connectivity index (χ1v) is 6.66. The lowest BCUT2D eigenvalue weighted by atomic mass is 9.75. The molecule has 3 heteroatoms. The van der Waals surface area contributed by atoms with Crippen molar-refractivity contribution in [1.82, 2.24) is 5.32 Å². The molecule has 0 spiro atoms. The van der Waals surface area contributed by atoms with E-state index in [9.17, 15) is 4.79 Å². The van der Waals surface area contributed by atoms with Crippen LogP contribution in [0.15, 0.2) is 18.2 Å². The summed E-state index contributed by atoms with van der Waals surface area (Å²) in [6.07, 6.45) is 1.86. The molecule has 1 fully saturated rings. The predicted molar refractivity (Wildman–Crippen MR) is 69.8 cm³/mol. The normalized spacial score (nSPS) is 30.8. The summed E-state index contributed by atoms with van der Waals surface area (Å²) in [6, 6.07) is 6.29. The van der Waals surface area contributed by atoms with Crippen LogP contribution in [0.1, 0.15) is 44.6 Å². The SMILES string of the molecule is [2H]C1CC(=O)NC2CCc3cc(OCC)ccc3C12. The standard InChI is InChI=1S/C15H19NO2/c1-2-18-11-4-5-12-10(9-11)3-7-14-13(12)6-8-15(17)16-14/h4-5,9,13-14H,2-3,6-8H2,1H3,(H,16,17)/i6D. The number of amides is 1. The third kappa shape index (κ3) is 1.98. The van der Waals surface area contributed by atoms with Crippen LogP contribution < -0.4 is 10.1 Å². The lowest BCUT2D eigenvalue weighted by Crippen LogP contribution is -2.45. The van der Waals surface area contributed by atoms with E-state index >= 15 is 0 Å². The van der Waals surface area contributed by atoms with Crippen LogP contribution in [0, 0.1) is 0 Å². The molecule has 0 radical (unpaired) electrons. The van der Waals surface area contributed by atoms with Gasteiger partial charge in [-0.25, -0.2) is 0 Å². The van der Waals surface area contributed by atoms with E-state index in [0.717, 1.165) is 18.6 Å².